The highest BCUT2D eigenvalue weighted by Gasteiger charge is 2.03. The number of aliphatic hydroxyl groups excluding tert-OH is 1. The number of hydrogen-bond donors (Lipinski definition) is 1. The van der Waals surface area contributed by atoms with Crippen LogP contribution in [-0.4, -0.2) is 17.7 Å². The number of rotatable bonds is 5. The molecule has 0 atom stereocenters. The number of hydrogen-bond acceptors (Lipinski definition) is 3. The Bertz CT molecular complexity index is 365. The zero-order chi connectivity index (χ0) is 12.0. The average molecular weight is 220 g/mol. The van der Waals surface area contributed by atoms with Gasteiger partial charge in [-0.25, -0.2) is 0 Å². The Morgan fingerprint density at radius 1 is 1.38 bits per heavy atom. The first kappa shape index (κ1) is 12.3. The van der Waals surface area contributed by atoms with E-state index in [0.717, 1.165) is 5.56 Å². The fourth-order valence-electron chi connectivity index (χ4n) is 1.34. The lowest BCUT2D eigenvalue weighted by Crippen LogP contribution is -2.05. The molecule has 0 amide bonds. The Kier molecular flexibility index (Phi) is 4.58. The monoisotopic (exact) mass is 220 g/mol. The van der Waals surface area contributed by atoms with Crippen molar-refractivity contribution in [1.29, 1.82) is 0 Å². The van der Waals surface area contributed by atoms with Crippen molar-refractivity contribution in [1.82, 2.24) is 0 Å². The predicted molar refractivity (Wildman–Crippen MR) is 63.1 cm³/mol. The molecule has 0 aliphatic rings. The molecule has 0 saturated heterocycles. The first-order chi connectivity index (χ1) is 7.63. The molecule has 0 aromatic heterocycles. The minimum atomic E-state index is -0.182. The normalized spacial score (nSPS) is 9.81. The molecule has 0 unspecified atom stereocenters. The van der Waals surface area contributed by atoms with Gasteiger partial charge in [0.15, 0.2) is 0 Å². The Balaban J connectivity index is 2.49. The Morgan fingerprint density at radius 3 is 2.50 bits per heavy atom. The molecule has 0 radical (unpaired) electrons. The highest BCUT2D eigenvalue weighted by atomic mass is 16.5. The van der Waals surface area contributed by atoms with Crippen LogP contribution in [0.25, 0.3) is 5.76 Å². The summed E-state index contributed by atoms with van der Waals surface area (Å²) in [7, 11) is 0. The van der Waals surface area contributed by atoms with Gasteiger partial charge in [0.25, 0.3) is 0 Å². The Morgan fingerprint density at radius 2 is 2.00 bits per heavy atom. The van der Waals surface area contributed by atoms with Gasteiger partial charge in [0.1, 0.15) is 5.76 Å². The van der Waals surface area contributed by atoms with E-state index in [1.54, 1.807) is 19.1 Å². The van der Waals surface area contributed by atoms with Gasteiger partial charge in [-0.1, -0.05) is 30.8 Å². The van der Waals surface area contributed by atoms with Crippen molar-refractivity contribution in [2.45, 2.75) is 19.8 Å². The number of benzene rings is 1. The van der Waals surface area contributed by atoms with E-state index in [1.165, 1.54) is 0 Å². The molecular weight excluding hydrogens is 204 g/mol. The van der Waals surface area contributed by atoms with Gasteiger partial charge in [-0.3, -0.25) is 4.79 Å². The minimum absolute atomic E-state index is 0.0527. The van der Waals surface area contributed by atoms with Gasteiger partial charge in [0, 0.05) is 12.0 Å². The SMILES string of the molecule is C=C(O)c1ccc(CCC(=O)OCC)cc1. The van der Waals surface area contributed by atoms with Crippen LogP contribution < -0.4 is 0 Å². The third-order valence-electron chi connectivity index (χ3n) is 2.21. The molecule has 16 heavy (non-hydrogen) atoms. The number of aliphatic hydroxyl groups is 1. The number of ether oxygens (including phenoxy) is 1. The summed E-state index contributed by atoms with van der Waals surface area (Å²) in [5.41, 5.74) is 1.73. The van der Waals surface area contributed by atoms with E-state index in [-0.39, 0.29) is 11.7 Å². The van der Waals surface area contributed by atoms with E-state index >= 15 is 0 Å². The smallest absolute Gasteiger partial charge is 0.306 e. The van der Waals surface area contributed by atoms with Gasteiger partial charge < -0.3 is 9.84 Å². The Labute approximate surface area is 95.4 Å². The highest BCUT2D eigenvalue weighted by Crippen LogP contribution is 2.12. The summed E-state index contributed by atoms with van der Waals surface area (Å²) in [4.78, 5) is 11.1. The molecule has 0 aliphatic carbocycles. The third-order valence-corrected chi connectivity index (χ3v) is 2.21. The summed E-state index contributed by atoms with van der Waals surface area (Å²) in [5.74, 6) is -0.130. The number of carbonyl (C=O) groups excluding carboxylic acids is 1. The molecule has 1 N–H and O–H groups in total. The van der Waals surface area contributed by atoms with Crippen molar-refractivity contribution in [3.8, 4) is 0 Å². The van der Waals surface area contributed by atoms with Gasteiger partial charge in [-0.2, -0.15) is 0 Å². The van der Waals surface area contributed by atoms with Crippen LogP contribution in [0.15, 0.2) is 30.8 Å². The molecule has 0 saturated carbocycles. The van der Waals surface area contributed by atoms with Crippen molar-refractivity contribution in [2.75, 3.05) is 6.61 Å². The fraction of sp³-hybridized carbons (Fsp3) is 0.308. The molecule has 0 fully saturated rings. The summed E-state index contributed by atoms with van der Waals surface area (Å²) in [6, 6.07) is 7.30. The van der Waals surface area contributed by atoms with Crippen molar-refractivity contribution in [3.63, 3.8) is 0 Å². The first-order valence-electron chi connectivity index (χ1n) is 5.26. The van der Waals surface area contributed by atoms with Crippen molar-refractivity contribution >= 4 is 11.7 Å². The van der Waals surface area contributed by atoms with Crippen LogP contribution in [0.2, 0.25) is 0 Å². The first-order valence-corrected chi connectivity index (χ1v) is 5.26. The molecule has 0 aliphatic heterocycles. The van der Waals surface area contributed by atoms with Gasteiger partial charge in [-0.05, 0) is 18.9 Å². The van der Waals surface area contributed by atoms with Gasteiger partial charge >= 0.3 is 5.97 Å². The fourth-order valence-corrected chi connectivity index (χ4v) is 1.34. The maximum Gasteiger partial charge on any atom is 0.306 e. The lowest BCUT2D eigenvalue weighted by atomic mass is 10.1. The summed E-state index contributed by atoms with van der Waals surface area (Å²) < 4.78 is 4.83. The van der Waals surface area contributed by atoms with Crippen LogP contribution in [0, 0.1) is 0 Å². The van der Waals surface area contributed by atoms with Gasteiger partial charge in [0.05, 0.1) is 6.61 Å². The van der Waals surface area contributed by atoms with Crippen LogP contribution >= 0.6 is 0 Å². The van der Waals surface area contributed by atoms with Crippen LogP contribution in [0.4, 0.5) is 0 Å². The molecular formula is C13H16O3. The minimum Gasteiger partial charge on any atom is -0.508 e. The van der Waals surface area contributed by atoms with Crippen LogP contribution in [0.3, 0.4) is 0 Å². The van der Waals surface area contributed by atoms with Crippen LogP contribution in [-0.2, 0) is 16.0 Å². The Hall–Kier alpha value is -1.77. The van der Waals surface area contributed by atoms with Crippen LogP contribution in [0.1, 0.15) is 24.5 Å². The van der Waals surface area contributed by atoms with Gasteiger partial charge in [0.2, 0.25) is 0 Å². The average Bonchev–Trinajstić information content (AvgIpc) is 2.27. The van der Waals surface area contributed by atoms with E-state index in [9.17, 15) is 4.79 Å². The van der Waals surface area contributed by atoms with E-state index in [0.29, 0.717) is 25.0 Å². The van der Waals surface area contributed by atoms with E-state index < -0.39 is 0 Å². The van der Waals surface area contributed by atoms with E-state index in [4.69, 9.17) is 9.84 Å². The number of esters is 1. The zero-order valence-electron chi connectivity index (χ0n) is 9.40. The molecule has 1 aromatic rings. The molecule has 3 nitrogen and oxygen atoms in total. The maximum absolute atomic E-state index is 11.1. The van der Waals surface area contributed by atoms with E-state index in [2.05, 4.69) is 6.58 Å². The predicted octanol–water partition coefficient (Wildman–Crippen LogP) is 2.71. The highest BCUT2D eigenvalue weighted by molar-refractivity contribution is 5.69. The molecule has 0 heterocycles. The summed E-state index contributed by atoms with van der Waals surface area (Å²) in [5, 5.41) is 9.13. The summed E-state index contributed by atoms with van der Waals surface area (Å²) in [6.45, 7) is 5.65. The standard InChI is InChI=1S/C13H16O3/c1-3-16-13(15)9-6-11-4-7-12(8-5-11)10(2)14/h4-5,7-8,14H,2-3,6,9H2,1H3. The topological polar surface area (TPSA) is 46.5 Å². The molecule has 0 spiro atoms. The molecule has 0 bridgehead atoms. The second-order valence-corrected chi connectivity index (χ2v) is 3.45. The van der Waals surface area contributed by atoms with E-state index in [1.807, 2.05) is 12.1 Å². The van der Waals surface area contributed by atoms with Crippen molar-refractivity contribution in [3.05, 3.63) is 42.0 Å². The molecule has 1 aromatic carbocycles. The molecule has 86 valence electrons. The zero-order valence-corrected chi connectivity index (χ0v) is 9.40. The largest absolute Gasteiger partial charge is 0.508 e. The lowest BCUT2D eigenvalue weighted by molar-refractivity contribution is -0.143. The summed E-state index contributed by atoms with van der Waals surface area (Å²) in [6.07, 6.45) is 1.03. The number of carbonyl (C=O) groups is 1. The second-order valence-electron chi connectivity index (χ2n) is 3.45. The molecule has 1 rings (SSSR count). The van der Waals surface area contributed by atoms with Crippen LogP contribution in [0.5, 0.6) is 0 Å². The summed E-state index contributed by atoms with van der Waals surface area (Å²) >= 11 is 0. The van der Waals surface area contributed by atoms with Gasteiger partial charge in [-0.15, -0.1) is 0 Å². The van der Waals surface area contributed by atoms with Crippen molar-refractivity contribution < 1.29 is 14.6 Å². The van der Waals surface area contributed by atoms with Crippen molar-refractivity contribution in [2.24, 2.45) is 0 Å². The maximum atomic E-state index is 11.1. The number of aryl methyl sites for hydroxylation is 1. The quantitative estimate of drug-likeness (QED) is 0.613. The lowest BCUT2D eigenvalue weighted by Gasteiger charge is -2.03. The molecule has 3 heteroatoms. The second kappa shape index (κ2) is 5.95. The third kappa shape index (κ3) is 3.77.